The van der Waals surface area contributed by atoms with E-state index < -0.39 is 0 Å². The smallest absolute Gasteiger partial charge is 0.151 e. The lowest BCUT2D eigenvalue weighted by Crippen LogP contribution is -2.47. The third kappa shape index (κ3) is 1.78. The van der Waals surface area contributed by atoms with Crippen molar-refractivity contribution in [3.05, 3.63) is 18.3 Å². The summed E-state index contributed by atoms with van der Waals surface area (Å²) in [6.45, 7) is 2.95. The summed E-state index contributed by atoms with van der Waals surface area (Å²) in [5, 5.41) is 7.88. The molecule has 1 saturated heterocycles. The predicted octanol–water partition coefficient (Wildman–Crippen LogP) is 0.262. The number of hydrogen-bond acceptors (Lipinski definition) is 4. The van der Waals surface area contributed by atoms with E-state index in [0.29, 0.717) is 0 Å². The number of anilines is 1. The van der Waals surface area contributed by atoms with E-state index in [-0.39, 0.29) is 0 Å². The predicted molar refractivity (Wildman–Crippen MR) is 51.4 cm³/mol. The van der Waals surface area contributed by atoms with E-state index in [0.717, 1.165) is 37.8 Å². The molecule has 0 atom stereocenters. The van der Waals surface area contributed by atoms with Crippen molar-refractivity contribution in [1.29, 1.82) is 0 Å². The maximum Gasteiger partial charge on any atom is 0.151 e. The summed E-state index contributed by atoms with van der Waals surface area (Å²) in [5.74, 6) is 1.74. The van der Waals surface area contributed by atoms with Crippen molar-refractivity contribution in [3.63, 3.8) is 0 Å². The van der Waals surface area contributed by atoms with Gasteiger partial charge in [0.15, 0.2) is 5.82 Å². The summed E-state index contributed by atoms with van der Waals surface area (Å²) in [5.41, 5.74) is 5.48. The molecule has 0 unspecified atom stereocenters. The highest BCUT2D eigenvalue weighted by atomic mass is 15.3. The molecule has 1 aromatic rings. The molecule has 0 radical (unpaired) electrons. The van der Waals surface area contributed by atoms with Gasteiger partial charge in [0.2, 0.25) is 0 Å². The van der Waals surface area contributed by atoms with Crippen LogP contribution >= 0.6 is 0 Å². The Balaban J connectivity index is 1.87. The standard InChI is InChI=1S/C9H14N4/c10-4-3-8-6-13(7-8)9-2-1-5-11-12-9/h1-2,5,8H,3-4,6-7,10H2. The molecule has 0 spiro atoms. The molecule has 1 aromatic heterocycles. The van der Waals surface area contributed by atoms with Crippen LogP contribution in [0.4, 0.5) is 5.82 Å². The first kappa shape index (κ1) is 8.44. The summed E-state index contributed by atoms with van der Waals surface area (Å²) < 4.78 is 0. The Morgan fingerprint density at radius 2 is 2.38 bits per heavy atom. The van der Waals surface area contributed by atoms with Gasteiger partial charge in [0.25, 0.3) is 0 Å². The molecule has 0 aliphatic carbocycles. The molecule has 2 heterocycles. The Kier molecular flexibility index (Phi) is 2.40. The average Bonchev–Trinajstić information content (AvgIpc) is 2.12. The molecule has 1 fully saturated rings. The summed E-state index contributed by atoms with van der Waals surface area (Å²) in [6, 6.07) is 3.91. The first-order valence-corrected chi connectivity index (χ1v) is 4.63. The highest BCUT2D eigenvalue weighted by molar-refractivity contribution is 5.39. The first-order chi connectivity index (χ1) is 6.40. The fourth-order valence-electron chi connectivity index (χ4n) is 1.64. The van der Waals surface area contributed by atoms with Crippen LogP contribution in [0.2, 0.25) is 0 Å². The molecule has 13 heavy (non-hydrogen) atoms. The Labute approximate surface area is 77.8 Å². The van der Waals surface area contributed by atoms with Crippen LogP contribution in [0.1, 0.15) is 6.42 Å². The minimum Gasteiger partial charge on any atom is -0.354 e. The molecule has 1 aliphatic rings. The summed E-state index contributed by atoms with van der Waals surface area (Å²) >= 11 is 0. The van der Waals surface area contributed by atoms with Crippen molar-refractivity contribution in [3.8, 4) is 0 Å². The van der Waals surface area contributed by atoms with Crippen molar-refractivity contribution in [2.24, 2.45) is 11.7 Å². The van der Waals surface area contributed by atoms with Crippen LogP contribution in [-0.4, -0.2) is 29.8 Å². The van der Waals surface area contributed by atoms with Crippen LogP contribution in [0, 0.1) is 5.92 Å². The SMILES string of the molecule is NCCC1CN(c2cccnn2)C1. The molecule has 4 nitrogen and oxygen atoms in total. The molecule has 0 saturated carbocycles. The first-order valence-electron chi connectivity index (χ1n) is 4.63. The lowest BCUT2D eigenvalue weighted by Gasteiger charge is -2.39. The monoisotopic (exact) mass is 178 g/mol. The van der Waals surface area contributed by atoms with E-state index in [1.54, 1.807) is 6.20 Å². The second-order valence-electron chi connectivity index (χ2n) is 3.43. The highest BCUT2D eigenvalue weighted by Crippen LogP contribution is 2.23. The van der Waals surface area contributed by atoms with Crippen molar-refractivity contribution in [2.75, 3.05) is 24.5 Å². The van der Waals surface area contributed by atoms with Crippen molar-refractivity contribution < 1.29 is 0 Å². The van der Waals surface area contributed by atoms with Gasteiger partial charge >= 0.3 is 0 Å². The zero-order chi connectivity index (χ0) is 9.10. The van der Waals surface area contributed by atoms with Crippen molar-refractivity contribution in [2.45, 2.75) is 6.42 Å². The minimum atomic E-state index is 0.756. The largest absolute Gasteiger partial charge is 0.354 e. The number of nitrogens with zero attached hydrogens (tertiary/aromatic N) is 3. The van der Waals surface area contributed by atoms with Gasteiger partial charge in [-0.1, -0.05) is 0 Å². The summed E-state index contributed by atoms with van der Waals surface area (Å²) in [6.07, 6.45) is 2.82. The molecule has 0 aromatic carbocycles. The third-order valence-corrected chi connectivity index (χ3v) is 2.41. The van der Waals surface area contributed by atoms with E-state index in [2.05, 4.69) is 15.1 Å². The number of nitrogens with two attached hydrogens (primary N) is 1. The van der Waals surface area contributed by atoms with Crippen LogP contribution < -0.4 is 10.6 Å². The molecule has 1 aliphatic heterocycles. The number of rotatable bonds is 3. The van der Waals surface area contributed by atoms with Crippen LogP contribution in [0.3, 0.4) is 0 Å². The Hall–Kier alpha value is -1.16. The van der Waals surface area contributed by atoms with Gasteiger partial charge in [-0.3, -0.25) is 0 Å². The number of aromatic nitrogens is 2. The second-order valence-corrected chi connectivity index (χ2v) is 3.43. The highest BCUT2D eigenvalue weighted by Gasteiger charge is 2.26. The second kappa shape index (κ2) is 3.70. The minimum absolute atomic E-state index is 0.756. The fraction of sp³-hybridized carbons (Fsp3) is 0.556. The Bertz CT molecular complexity index is 256. The van der Waals surface area contributed by atoms with Crippen LogP contribution in [0.25, 0.3) is 0 Å². The van der Waals surface area contributed by atoms with Gasteiger partial charge in [0, 0.05) is 19.3 Å². The molecule has 2 N–H and O–H groups in total. The normalized spacial score (nSPS) is 17.2. The van der Waals surface area contributed by atoms with E-state index in [1.807, 2.05) is 12.1 Å². The van der Waals surface area contributed by atoms with Gasteiger partial charge < -0.3 is 10.6 Å². The van der Waals surface area contributed by atoms with E-state index >= 15 is 0 Å². The van der Waals surface area contributed by atoms with E-state index in [9.17, 15) is 0 Å². The molecule has 4 heteroatoms. The average molecular weight is 178 g/mol. The van der Waals surface area contributed by atoms with Gasteiger partial charge in [0.1, 0.15) is 0 Å². The van der Waals surface area contributed by atoms with Gasteiger partial charge in [-0.15, -0.1) is 5.10 Å². The van der Waals surface area contributed by atoms with Crippen molar-refractivity contribution >= 4 is 5.82 Å². The Morgan fingerprint density at radius 1 is 1.54 bits per heavy atom. The summed E-state index contributed by atoms with van der Waals surface area (Å²) in [7, 11) is 0. The van der Waals surface area contributed by atoms with Crippen LogP contribution in [0.5, 0.6) is 0 Å². The topological polar surface area (TPSA) is 55.0 Å². The molecule has 0 amide bonds. The van der Waals surface area contributed by atoms with Crippen LogP contribution in [-0.2, 0) is 0 Å². The zero-order valence-electron chi connectivity index (χ0n) is 7.56. The molecular formula is C9H14N4. The molecular weight excluding hydrogens is 164 g/mol. The molecule has 2 rings (SSSR count). The van der Waals surface area contributed by atoms with E-state index in [4.69, 9.17) is 5.73 Å². The lowest BCUT2D eigenvalue weighted by molar-refractivity contribution is 0.385. The maximum absolute atomic E-state index is 5.48. The van der Waals surface area contributed by atoms with Crippen LogP contribution in [0.15, 0.2) is 18.3 Å². The fourth-order valence-corrected chi connectivity index (χ4v) is 1.64. The zero-order valence-corrected chi connectivity index (χ0v) is 7.56. The molecule has 70 valence electrons. The van der Waals surface area contributed by atoms with Gasteiger partial charge in [-0.2, -0.15) is 5.10 Å². The van der Waals surface area contributed by atoms with E-state index in [1.165, 1.54) is 0 Å². The van der Waals surface area contributed by atoms with Gasteiger partial charge in [-0.25, -0.2) is 0 Å². The summed E-state index contributed by atoms with van der Waals surface area (Å²) in [4.78, 5) is 2.23. The van der Waals surface area contributed by atoms with Gasteiger partial charge in [0.05, 0.1) is 0 Å². The lowest BCUT2D eigenvalue weighted by atomic mass is 9.96. The maximum atomic E-state index is 5.48. The molecule has 0 bridgehead atoms. The Morgan fingerprint density at radius 3 is 3.00 bits per heavy atom. The number of hydrogen-bond donors (Lipinski definition) is 1. The van der Waals surface area contributed by atoms with Crippen molar-refractivity contribution in [1.82, 2.24) is 10.2 Å². The third-order valence-electron chi connectivity index (χ3n) is 2.41. The van der Waals surface area contributed by atoms with Gasteiger partial charge in [-0.05, 0) is 31.0 Å². The quantitative estimate of drug-likeness (QED) is 0.721.